The highest BCUT2D eigenvalue weighted by atomic mass is 32.2. The van der Waals surface area contributed by atoms with Gasteiger partial charge in [0.2, 0.25) is 5.91 Å². The molecular weight excluding hydrogens is 296 g/mol. The molecule has 1 amide bonds. The first-order chi connectivity index (χ1) is 9.85. The number of aliphatic carboxylic acids is 1. The zero-order chi connectivity index (χ0) is 15.9. The molecule has 7 nitrogen and oxygen atoms in total. The summed E-state index contributed by atoms with van der Waals surface area (Å²) in [6.07, 6.45) is 0.265. The molecule has 1 aromatic rings. The van der Waals surface area contributed by atoms with Crippen LogP contribution >= 0.6 is 0 Å². The molecule has 0 saturated heterocycles. The van der Waals surface area contributed by atoms with Crippen molar-refractivity contribution in [3.63, 3.8) is 0 Å². The Kier molecular flexibility index (Phi) is 5.87. The van der Waals surface area contributed by atoms with Gasteiger partial charge in [0.1, 0.15) is 12.3 Å². The quantitative estimate of drug-likeness (QED) is 0.689. The minimum absolute atomic E-state index is 0.0197. The largest absolute Gasteiger partial charge is 0.481 e. The first-order valence-corrected chi connectivity index (χ1v) is 7.67. The van der Waals surface area contributed by atoms with Crippen LogP contribution in [0.2, 0.25) is 0 Å². The van der Waals surface area contributed by atoms with Crippen molar-refractivity contribution >= 4 is 21.7 Å². The number of carboxylic acid groups (broad SMARTS) is 1. The number of carbonyl (C=O) groups excluding carboxylic acids is 1. The molecule has 1 aromatic carbocycles. The van der Waals surface area contributed by atoms with Crippen molar-refractivity contribution in [3.05, 3.63) is 29.8 Å². The maximum atomic E-state index is 11.9. The lowest BCUT2D eigenvalue weighted by molar-refractivity contribution is -0.137. The van der Waals surface area contributed by atoms with E-state index in [1.54, 1.807) is 6.07 Å². The van der Waals surface area contributed by atoms with Crippen LogP contribution in [0, 0.1) is 11.3 Å². The zero-order valence-corrected chi connectivity index (χ0v) is 11.9. The molecule has 0 bridgehead atoms. The van der Waals surface area contributed by atoms with Gasteiger partial charge in [-0.15, -0.1) is 0 Å². The van der Waals surface area contributed by atoms with E-state index in [0.717, 1.165) is 0 Å². The Hall–Kier alpha value is -2.40. The number of nitrogens with zero attached hydrogens (tertiary/aromatic N) is 1. The molecule has 0 atom stereocenters. The molecule has 0 aliphatic heterocycles. The molecule has 0 unspecified atom stereocenters. The standard InChI is InChI=1S/C13H14N2O5S/c14-7-8-15-12(16)9-21(19,20)11-4-1-10(2-5-11)3-6-13(17)18/h1-2,4-5H,3,6,8-9H2,(H,15,16)(H,17,18). The SMILES string of the molecule is N#CCNC(=O)CS(=O)(=O)c1ccc(CCC(=O)O)cc1. The van der Waals surface area contributed by atoms with Gasteiger partial charge in [0.05, 0.1) is 11.0 Å². The molecule has 0 radical (unpaired) electrons. The van der Waals surface area contributed by atoms with Crippen LogP contribution in [0.15, 0.2) is 29.2 Å². The summed E-state index contributed by atoms with van der Waals surface area (Å²) in [7, 11) is -3.78. The second-order valence-electron chi connectivity index (χ2n) is 4.23. The highest BCUT2D eigenvalue weighted by Gasteiger charge is 2.19. The maximum Gasteiger partial charge on any atom is 0.303 e. The molecule has 0 aliphatic carbocycles. The predicted octanol–water partition coefficient (Wildman–Crippen LogP) is 0.117. The van der Waals surface area contributed by atoms with Crippen molar-refractivity contribution < 1.29 is 23.1 Å². The summed E-state index contributed by atoms with van der Waals surface area (Å²) < 4.78 is 23.9. The number of sulfone groups is 1. The van der Waals surface area contributed by atoms with Gasteiger partial charge in [-0.1, -0.05) is 12.1 Å². The molecule has 0 aliphatic rings. The van der Waals surface area contributed by atoms with Crippen LogP contribution in [-0.2, 0) is 25.8 Å². The number of carboxylic acids is 1. The summed E-state index contributed by atoms with van der Waals surface area (Å²) in [5.74, 6) is -2.41. The van der Waals surface area contributed by atoms with Gasteiger partial charge in [0.25, 0.3) is 0 Å². The smallest absolute Gasteiger partial charge is 0.303 e. The zero-order valence-electron chi connectivity index (χ0n) is 11.1. The van der Waals surface area contributed by atoms with Gasteiger partial charge < -0.3 is 10.4 Å². The predicted molar refractivity (Wildman–Crippen MR) is 73.1 cm³/mol. The van der Waals surface area contributed by atoms with E-state index in [1.165, 1.54) is 24.3 Å². The van der Waals surface area contributed by atoms with E-state index in [4.69, 9.17) is 10.4 Å². The van der Waals surface area contributed by atoms with Crippen molar-refractivity contribution in [2.45, 2.75) is 17.7 Å². The van der Waals surface area contributed by atoms with E-state index in [9.17, 15) is 18.0 Å². The molecule has 0 aromatic heterocycles. The monoisotopic (exact) mass is 310 g/mol. The van der Waals surface area contributed by atoms with E-state index in [2.05, 4.69) is 5.32 Å². The third-order valence-corrected chi connectivity index (χ3v) is 4.23. The highest BCUT2D eigenvalue weighted by molar-refractivity contribution is 7.92. The summed E-state index contributed by atoms with van der Waals surface area (Å²) in [6, 6.07) is 7.39. The summed E-state index contributed by atoms with van der Waals surface area (Å²) in [5, 5.41) is 19.0. The fourth-order valence-corrected chi connectivity index (χ4v) is 2.72. The third kappa shape index (κ3) is 5.62. The summed E-state index contributed by atoms with van der Waals surface area (Å²) in [4.78, 5) is 21.8. The second kappa shape index (κ2) is 7.40. The second-order valence-corrected chi connectivity index (χ2v) is 6.22. The van der Waals surface area contributed by atoms with E-state index in [-0.39, 0.29) is 17.9 Å². The van der Waals surface area contributed by atoms with Crippen LogP contribution in [-0.4, -0.2) is 37.7 Å². The number of carbonyl (C=O) groups is 2. The summed E-state index contributed by atoms with van der Waals surface area (Å²) in [5.41, 5.74) is 0.699. The molecule has 2 N–H and O–H groups in total. The lowest BCUT2D eigenvalue weighted by Crippen LogP contribution is -2.30. The fraction of sp³-hybridized carbons (Fsp3) is 0.308. The molecule has 0 fully saturated rings. The van der Waals surface area contributed by atoms with Crippen molar-refractivity contribution in [1.82, 2.24) is 5.32 Å². The summed E-state index contributed by atoms with van der Waals surface area (Å²) >= 11 is 0. The molecule has 0 saturated carbocycles. The summed E-state index contributed by atoms with van der Waals surface area (Å²) in [6.45, 7) is -0.248. The Bertz CT molecular complexity index is 659. The number of nitrogens with one attached hydrogen (secondary N) is 1. The first kappa shape index (κ1) is 16.7. The Balaban J connectivity index is 2.73. The molecule has 1 rings (SSSR count). The number of amides is 1. The van der Waals surface area contributed by atoms with Crippen LogP contribution in [0.5, 0.6) is 0 Å². The number of nitriles is 1. The Labute approximate surface area is 122 Å². The number of benzene rings is 1. The van der Waals surface area contributed by atoms with Gasteiger partial charge in [-0.25, -0.2) is 8.42 Å². The lowest BCUT2D eigenvalue weighted by atomic mass is 10.1. The van der Waals surface area contributed by atoms with Gasteiger partial charge in [-0.3, -0.25) is 9.59 Å². The first-order valence-electron chi connectivity index (χ1n) is 6.02. The molecule has 0 spiro atoms. The van der Waals surface area contributed by atoms with Gasteiger partial charge in [0, 0.05) is 6.42 Å². The van der Waals surface area contributed by atoms with Gasteiger partial charge in [0.15, 0.2) is 9.84 Å². The third-order valence-electron chi connectivity index (χ3n) is 2.60. The van der Waals surface area contributed by atoms with Crippen LogP contribution in [0.4, 0.5) is 0 Å². The molecule has 112 valence electrons. The molecule has 21 heavy (non-hydrogen) atoms. The molecule has 0 heterocycles. The molecule has 8 heteroatoms. The van der Waals surface area contributed by atoms with Gasteiger partial charge >= 0.3 is 5.97 Å². The van der Waals surface area contributed by atoms with E-state index >= 15 is 0 Å². The Morgan fingerprint density at radius 2 is 1.86 bits per heavy atom. The molecular formula is C13H14N2O5S. The maximum absolute atomic E-state index is 11.9. The van der Waals surface area contributed by atoms with Crippen LogP contribution in [0.25, 0.3) is 0 Å². The number of rotatable bonds is 7. The van der Waals surface area contributed by atoms with Gasteiger partial charge in [-0.2, -0.15) is 5.26 Å². The van der Waals surface area contributed by atoms with E-state index in [0.29, 0.717) is 12.0 Å². The van der Waals surface area contributed by atoms with Crippen molar-refractivity contribution in [1.29, 1.82) is 5.26 Å². The van der Waals surface area contributed by atoms with Crippen molar-refractivity contribution in [2.24, 2.45) is 0 Å². The fourth-order valence-electron chi connectivity index (χ4n) is 1.56. The van der Waals surface area contributed by atoms with E-state index in [1.807, 2.05) is 0 Å². The number of hydrogen-bond acceptors (Lipinski definition) is 5. The minimum Gasteiger partial charge on any atom is -0.481 e. The minimum atomic E-state index is -3.78. The Morgan fingerprint density at radius 1 is 1.24 bits per heavy atom. The average Bonchev–Trinajstić information content (AvgIpc) is 2.43. The number of hydrogen-bond donors (Lipinski definition) is 2. The topological polar surface area (TPSA) is 124 Å². The van der Waals surface area contributed by atoms with E-state index < -0.39 is 27.5 Å². The van der Waals surface area contributed by atoms with Crippen LogP contribution < -0.4 is 5.32 Å². The lowest BCUT2D eigenvalue weighted by Gasteiger charge is -2.05. The van der Waals surface area contributed by atoms with Crippen molar-refractivity contribution in [3.8, 4) is 6.07 Å². The van der Waals surface area contributed by atoms with Gasteiger partial charge in [-0.05, 0) is 24.1 Å². The number of aryl methyl sites for hydroxylation is 1. The van der Waals surface area contributed by atoms with Crippen LogP contribution in [0.3, 0.4) is 0 Å². The highest BCUT2D eigenvalue weighted by Crippen LogP contribution is 2.13. The van der Waals surface area contributed by atoms with Crippen LogP contribution in [0.1, 0.15) is 12.0 Å². The average molecular weight is 310 g/mol. The normalized spacial score (nSPS) is 10.6. The Morgan fingerprint density at radius 3 is 2.38 bits per heavy atom. The van der Waals surface area contributed by atoms with Crippen molar-refractivity contribution in [2.75, 3.05) is 12.3 Å².